The summed E-state index contributed by atoms with van der Waals surface area (Å²) in [5.41, 5.74) is 2.02. The van der Waals surface area contributed by atoms with Crippen molar-refractivity contribution in [2.24, 2.45) is 0 Å². The monoisotopic (exact) mass is 607 g/mol. The van der Waals surface area contributed by atoms with E-state index >= 15 is 0 Å². The number of anilines is 2. The fourth-order valence-electron chi connectivity index (χ4n) is 3.56. The van der Waals surface area contributed by atoms with E-state index in [1.165, 1.54) is 30.0 Å². The first-order valence-corrected chi connectivity index (χ1v) is 14.0. The molecule has 0 aliphatic heterocycles. The minimum absolute atomic E-state index is 0.0471. The number of thioether (sulfide) groups is 1. The van der Waals surface area contributed by atoms with E-state index in [1.807, 2.05) is 0 Å². The van der Waals surface area contributed by atoms with Gasteiger partial charge in [0.2, 0.25) is 5.91 Å². The van der Waals surface area contributed by atoms with E-state index in [0.29, 0.717) is 27.5 Å². The van der Waals surface area contributed by atoms with Crippen LogP contribution in [0.15, 0.2) is 108 Å². The molecule has 0 spiro atoms. The van der Waals surface area contributed by atoms with Crippen molar-refractivity contribution < 1.29 is 18.8 Å². The van der Waals surface area contributed by atoms with E-state index in [2.05, 4.69) is 16.0 Å². The summed E-state index contributed by atoms with van der Waals surface area (Å²) < 4.78 is 13.4. The molecule has 0 bridgehead atoms. The lowest BCUT2D eigenvalue weighted by atomic mass is 10.1. The molecule has 6 nitrogen and oxygen atoms in total. The van der Waals surface area contributed by atoms with E-state index in [0.717, 1.165) is 4.90 Å². The van der Waals surface area contributed by atoms with Crippen molar-refractivity contribution in [1.29, 1.82) is 0 Å². The van der Waals surface area contributed by atoms with Gasteiger partial charge in [-0.15, -0.1) is 11.8 Å². The van der Waals surface area contributed by atoms with Crippen LogP contribution in [0.4, 0.5) is 15.8 Å². The van der Waals surface area contributed by atoms with E-state index in [1.54, 1.807) is 91.9 Å². The third-order valence-corrected chi connectivity index (χ3v) is 7.34. The van der Waals surface area contributed by atoms with Gasteiger partial charge in [-0.2, -0.15) is 0 Å². The van der Waals surface area contributed by atoms with Crippen LogP contribution in [-0.4, -0.2) is 23.0 Å². The molecule has 4 aromatic carbocycles. The molecule has 0 radical (unpaired) electrons. The van der Waals surface area contributed by atoms with Crippen LogP contribution >= 0.6 is 35.0 Å². The summed E-state index contributed by atoms with van der Waals surface area (Å²) in [4.78, 5) is 39.4. The zero-order valence-corrected chi connectivity index (χ0v) is 24.0. The molecule has 0 aliphatic carbocycles. The number of hydrogen-bond donors (Lipinski definition) is 3. The molecule has 3 N–H and O–H groups in total. The topological polar surface area (TPSA) is 87.3 Å². The van der Waals surface area contributed by atoms with E-state index in [-0.39, 0.29) is 16.6 Å². The third kappa shape index (κ3) is 8.69. The van der Waals surface area contributed by atoms with Crippen molar-refractivity contribution in [1.82, 2.24) is 5.32 Å². The van der Waals surface area contributed by atoms with Crippen molar-refractivity contribution in [3.05, 3.63) is 130 Å². The molecule has 4 rings (SSSR count). The van der Waals surface area contributed by atoms with Crippen LogP contribution in [0.3, 0.4) is 0 Å². The summed E-state index contributed by atoms with van der Waals surface area (Å²) in [7, 11) is 0. The first-order chi connectivity index (χ1) is 19.7. The van der Waals surface area contributed by atoms with Gasteiger partial charge in [-0.25, -0.2) is 4.39 Å². The molecule has 0 saturated heterocycles. The Labute approximate surface area is 250 Å². The molecule has 0 aliphatic rings. The van der Waals surface area contributed by atoms with Crippen molar-refractivity contribution in [2.75, 3.05) is 10.6 Å². The highest BCUT2D eigenvalue weighted by atomic mass is 35.5. The second-order valence-electron chi connectivity index (χ2n) is 8.79. The number of nitrogens with one attached hydrogen (secondary N) is 3. The Morgan fingerprint density at radius 3 is 2.15 bits per heavy atom. The van der Waals surface area contributed by atoms with E-state index in [4.69, 9.17) is 23.2 Å². The molecular formula is C31H24Cl2FN3O3S. The second kappa shape index (κ2) is 14.0. The lowest BCUT2D eigenvalue weighted by molar-refractivity contribution is -0.115. The van der Waals surface area contributed by atoms with Crippen LogP contribution in [0.2, 0.25) is 10.0 Å². The van der Waals surface area contributed by atoms with E-state index < -0.39 is 22.9 Å². The van der Waals surface area contributed by atoms with Gasteiger partial charge in [-0.3, -0.25) is 14.4 Å². The fraction of sp³-hybridized carbons (Fsp3) is 0.0645. The summed E-state index contributed by atoms with van der Waals surface area (Å²) >= 11 is 13.1. The Hall–Kier alpha value is -4.11. The van der Waals surface area contributed by atoms with Gasteiger partial charge in [-0.1, -0.05) is 53.5 Å². The van der Waals surface area contributed by atoms with Crippen LogP contribution in [0.25, 0.3) is 6.08 Å². The summed E-state index contributed by atoms with van der Waals surface area (Å²) in [6, 6.07) is 26.3. The maximum atomic E-state index is 13.4. The summed E-state index contributed by atoms with van der Waals surface area (Å²) in [6.45, 7) is 1.74. The Morgan fingerprint density at radius 2 is 1.49 bits per heavy atom. The molecule has 1 atom stereocenters. The molecule has 41 heavy (non-hydrogen) atoms. The minimum Gasteiger partial charge on any atom is -0.325 e. The average molecular weight is 609 g/mol. The Kier molecular flexibility index (Phi) is 10.2. The number of rotatable bonds is 9. The van der Waals surface area contributed by atoms with Gasteiger partial charge in [0.1, 0.15) is 11.5 Å². The highest BCUT2D eigenvalue weighted by molar-refractivity contribution is 8.00. The summed E-state index contributed by atoms with van der Waals surface area (Å²) in [6.07, 6.45) is 1.56. The lowest BCUT2D eigenvalue weighted by Crippen LogP contribution is -2.30. The van der Waals surface area contributed by atoms with E-state index in [9.17, 15) is 18.8 Å². The second-order valence-corrected chi connectivity index (χ2v) is 11.0. The van der Waals surface area contributed by atoms with Crippen molar-refractivity contribution in [2.45, 2.75) is 17.1 Å². The van der Waals surface area contributed by atoms with Crippen molar-refractivity contribution >= 4 is 70.1 Å². The highest BCUT2D eigenvalue weighted by Crippen LogP contribution is 2.27. The number of hydrogen-bond acceptors (Lipinski definition) is 4. The van der Waals surface area contributed by atoms with Gasteiger partial charge in [0, 0.05) is 26.9 Å². The molecule has 208 valence electrons. The van der Waals surface area contributed by atoms with Gasteiger partial charge in [0.15, 0.2) is 0 Å². The Morgan fingerprint density at radius 1 is 0.829 bits per heavy atom. The molecule has 0 aromatic heterocycles. The predicted octanol–water partition coefficient (Wildman–Crippen LogP) is 7.66. The quantitative estimate of drug-likeness (QED) is 0.135. The van der Waals surface area contributed by atoms with Crippen molar-refractivity contribution in [3.63, 3.8) is 0 Å². The maximum Gasteiger partial charge on any atom is 0.272 e. The molecule has 3 amide bonds. The van der Waals surface area contributed by atoms with Crippen LogP contribution < -0.4 is 16.0 Å². The summed E-state index contributed by atoms with van der Waals surface area (Å²) in [5, 5.41) is 8.20. The van der Waals surface area contributed by atoms with Crippen LogP contribution in [0, 0.1) is 5.82 Å². The summed E-state index contributed by atoms with van der Waals surface area (Å²) in [5.74, 6) is -1.79. The zero-order valence-electron chi connectivity index (χ0n) is 21.7. The Balaban J connectivity index is 1.42. The number of benzene rings is 4. The van der Waals surface area contributed by atoms with Gasteiger partial charge in [-0.05, 0) is 85.3 Å². The maximum absolute atomic E-state index is 13.4. The zero-order chi connectivity index (χ0) is 29.4. The first kappa shape index (κ1) is 29.9. The normalized spacial score (nSPS) is 11.9. The molecule has 0 saturated carbocycles. The van der Waals surface area contributed by atoms with Gasteiger partial charge in [0.25, 0.3) is 11.8 Å². The van der Waals surface area contributed by atoms with Gasteiger partial charge < -0.3 is 16.0 Å². The lowest BCUT2D eigenvalue weighted by Gasteiger charge is -2.14. The van der Waals surface area contributed by atoms with Crippen LogP contribution in [-0.2, 0) is 9.59 Å². The number of halogens is 3. The third-order valence-electron chi connectivity index (χ3n) is 5.69. The van der Waals surface area contributed by atoms with Crippen LogP contribution in [0.1, 0.15) is 22.8 Å². The molecule has 0 fully saturated rings. The minimum atomic E-state index is -0.564. The molecule has 0 heterocycles. The first-order valence-electron chi connectivity index (χ1n) is 12.4. The Bertz CT molecular complexity index is 1580. The number of carbonyl (C=O) groups is 3. The van der Waals surface area contributed by atoms with Gasteiger partial charge >= 0.3 is 0 Å². The predicted molar refractivity (Wildman–Crippen MR) is 164 cm³/mol. The molecule has 1 unspecified atom stereocenters. The molecule has 10 heteroatoms. The standard InChI is InChI=1S/C31H24Cl2FN3O3S/c1-19(29(38)36-24-13-16-27(34)26(33)18-24)41-25-14-11-23(12-15-25)35-31(40)28(17-20-7-9-22(32)10-8-20)37-30(39)21-5-3-2-4-6-21/h2-19H,1H3,(H,35,40)(H,36,38)(H,37,39)/b28-17-. The largest absolute Gasteiger partial charge is 0.325 e. The molecular weight excluding hydrogens is 584 g/mol. The average Bonchev–Trinajstić information content (AvgIpc) is 2.97. The van der Waals surface area contributed by atoms with Crippen molar-refractivity contribution in [3.8, 4) is 0 Å². The SMILES string of the molecule is CC(Sc1ccc(NC(=O)/C(=C/c2ccc(Cl)cc2)NC(=O)c2ccccc2)cc1)C(=O)Nc1ccc(F)c(Cl)c1. The number of amides is 3. The van der Waals surface area contributed by atoms with Crippen LogP contribution in [0.5, 0.6) is 0 Å². The van der Waals surface area contributed by atoms with Gasteiger partial charge in [0.05, 0.1) is 10.3 Å². The number of carbonyl (C=O) groups excluding carboxylic acids is 3. The smallest absolute Gasteiger partial charge is 0.272 e. The molecule has 4 aromatic rings. The fourth-order valence-corrected chi connectivity index (χ4v) is 4.73. The highest BCUT2D eigenvalue weighted by Gasteiger charge is 2.17.